The summed E-state index contributed by atoms with van der Waals surface area (Å²) in [5.41, 5.74) is 1.11. The summed E-state index contributed by atoms with van der Waals surface area (Å²) in [6.45, 7) is 4.70. The van der Waals surface area contributed by atoms with Gasteiger partial charge in [-0.1, -0.05) is 0 Å². The predicted octanol–water partition coefficient (Wildman–Crippen LogP) is 1.99. The molecule has 0 aromatic carbocycles. The second-order valence-electron chi connectivity index (χ2n) is 5.52. The molecule has 21 heavy (non-hydrogen) atoms. The standard InChI is InChI=1S/C14H22F3N3O/c1-11-7-12(21-13(11)8-18-2)9-19-3-5-20(6-4-19)10-14(15,16)17/h7,18H,3-6,8-10H2,1-2H3. The lowest BCUT2D eigenvalue weighted by Crippen LogP contribution is -2.48. The first-order chi connectivity index (χ1) is 9.87. The van der Waals surface area contributed by atoms with Gasteiger partial charge < -0.3 is 9.73 Å². The van der Waals surface area contributed by atoms with Crippen LogP contribution in [-0.2, 0) is 13.1 Å². The van der Waals surface area contributed by atoms with Crippen molar-refractivity contribution >= 4 is 0 Å². The molecule has 0 unspecified atom stereocenters. The Morgan fingerprint density at radius 2 is 1.81 bits per heavy atom. The minimum atomic E-state index is -4.11. The van der Waals surface area contributed by atoms with Gasteiger partial charge in [-0.3, -0.25) is 9.80 Å². The number of hydrogen-bond donors (Lipinski definition) is 1. The summed E-state index contributed by atoms with van der Waals surface area (Å²) in [4.78, 5) is 3.59. The maximum Gasteiger partial charge on any atom is 0.401 e. The molecule has 120 valence electrons. The number of hydrogen-bond acceptors (Lipinski definition) is 4. The van der Waals surface area contributed by atoms with E-state index in [0.29, 0.717) is 39.3 Å². The molecule has 1 aliphatic heterocycles. The van der Waals surface area contributed by atoms with Crippen molar-refractivity contribution in [1.29, 1.82) is 0 Å². The molecular formula is C14H22F3N3O. The van der Waals surface area contributed by atoms with Crippen molar-refractivity contribution in [3.63, 3.8) is 0 Å². The Morgan fingerprint density at radius 1 is 1.19 bits per heavy atom. The van der Waals surface area contributed by atoms with E-state index in [1.54, 1.807) is 0 Å². The minimum Gasteiger partial charge on any atom is -0.463 e. The molecule has 1 N–H and O–H groups in total. The van der Waals surface area contributed by atoms with Gasteiger partial charge in [-0.2, -0.15) is 13.2 Å². The number of rotatable bonds is 5. The summed E-state index contributed by atoms with van der Waals surface area (Å²) in [5.74, 6) is 1.80. The fourth-order valence-electron chi connectivity index (χ4n) is 2.58. The summed E-state index contributed by atoms with van der Waals surface area (Å²) >= 11 is 0. The van der Waals surface area contributed by atoms with Gasteiger partial charge in [0.25, 0.3) is 0 Å². The van der Waals surface area contributed by atoms with Crippen LogP contribution in [0, 0.1) is 6.92 Å². The molecule has 4 nitrogen and oxygen atoms in total. The fraction of sp³-hybridized carbons (Fsp3) is 0.714. The first-order valence-electron chi connectivity index (χ1n) is 7.11. The smallest absolute Gasteiger partial charge is 0.401 e. The highest BCUT2D eigenvalue weighted by molar-refractivity contribution is 5.20. The monoisotopic (exact) mass is 305 g/mol. The van der Waals surface area contributed by atoms with Crippen LogP contribution in [0.5, 0.6) is 0 Å². The van der Waals surface area contributed by atoms with Crippen LogP contribution in [0.3, 0.4) is 0 Å². The van der Waals surface area contributed by atoms with E-state index in [2.05, 4.69) is 10.2 Å². The molecule has 0 aliphatic carbocycles. The zero-order chi connectivity index (χ0) is 15.5. The van der Waals surface area contributed by atoms with Crippen molar-refractivity contribution in [3.05, 3.63) is 23.2 Å². The van der Waals surface area contributed by atoms with Gasteiger partial charge in [0, 0.05) is 26.2 Å². The van der Waals surface area contributed by atoms with E-state index in [1.165, 1.54) is 4.90 Å². The van der Waals surface area contributed by atoms with E-state index in [-0.39, 0.29) is 0 Å². The molecule has 0 atom stereocenters. The van der Waals surface area contributed by atoms with Crippen LogP contribution >= 0.6 is 0 Å². The normalized spacial score (nSPS) is 18.3. The minimum absolute atomic E-state index is 0.447. The van der Waals surface area contributed by atoms with Gasteiger partial charge in [-0.25, -0.2) is 0 Å². The molecule has 1 saturated heterocycles. The summed E-state index contributed by atoms with van der Waals surface area (Å²) in [7, 11) is 1.86. The Balaban J connectivity index is 1.82. The molecule has 1 aliphatic rings. The van der Waals surface area contributed by atoms with Crippen molar-refractivity contribution in [2.75, 3.05) is 39.8 Å². The third-order valence-corrected chi connectivity index (χ3v) is 3.66. The molecule has 0 amide bonds. The van der Waals surface area contributed by atoms with Gasteiger partial charge in [0.05, 0.1) is 19.6 Å². The molecule has 1 fully saturated rings. The quantitative estimate of drug-likeness (QED) is 0.901. The molecule has 0 radical (unpaired) electrons. The van der Waals surface area contributed by atoms with Gasteiger partial charge in [0.1, 0.15) is 11.5 Å². The Labute approximate surface area is 122 Å². The SMILES string of the molecule is CNCc1oc(CN2CCN(CC(F)(F)F)CC2)cc1C. The van der Waals surface area contributed by atoms with E-state index in [4.69, 9.17) is 4.42 Å². The third kappa shape index (κ3) is 5.01. The third-order valence-electron chi connectivity index (χ3n) is 3.66. The van der Waals surface area contributed by atoms with E-state index < -0.39 is 12.7 Å². The van der Waals surface area contributed by atoms with E-state index in [0.717, 1.165) is 17.1 Å². The lowest BCUT2D eigenvalue weighted by Gasteiger charge is -2.34. The molecule has 0 bridgehead atoms. The highest BCUT2D eigenvalue weighted by Gasteiger charge is 2.32. The number of nitrogens with one attached hydrogen (secondary N) is 1. The average molecular weight is 305 g/mol. The van der Waals surface area contributed by atoms with Gasteiger partial charge >= 0.3 is 6.18 Å². The Morgan fingerprint density at radius 3 is 2.38 bits per heavy atom. The van der Waals surface area contributed by atoms with Crippen LogP contribution < -0.4 is 5.32 Å². The topological polar surface area (TPSA) is 31.7 Å². The number of nitrogens with zero attached hydrogens (tertiary/aromatic N) is 2. The average Bonchev–Trinajstić information content (AvgIpc) is 2.71. The second kappa shape index (κ2) is 6.81. The van der Waals surface area contributed by atoms with Crippen LogP contribution in [-0.4, -0.2) is 55.7 Å². The molecule has 1 aromatic heterocycles. The molecule has 0 spiro atoms. The predicted molar refractivity (Wildman–Crippen MR) is 74.0 cm³/mol. The van der Waals surface area contributed by atoms with Crippen molar-refractivity contribution in [3.8, 4) is 0 Å². The Kier molecular flexibility index (Phi) is 5.29. The lowest BCUT2D eigenvalue weighted by atomic mass is 10.2. The highest BCUT2D eigenvalue weighted by atomic mass is 19.4. The fourth-order valence-corrected chi connectivity index (χ4v) is 2.58. The van der Waals surface area contributed by atoms with Gasteiger partial charge in [-0.05, 0) is 25.6 Å². The molecule has 1 aromatic rings. The van der Waals surface area contributed by atoms with E-state index in [9.17, 15) is 13.2 Å². The van der Waals surface area contributed by atoms with Crippen molar-refractivity contribution in [2.24, 2.45) is 0 Å². The van der Waals surface area contributed by atoms with Gasteiger partial charge in [-0.15, -0.1) is 0 Å². The maximum atomic E-state index is 12.3. The van der Waals surface area contributed by atoms with Crippen molar-refractivity contribution in [1.82, 2.24) is 15.1 Å². The van der Waals surface area contributed by atoms with Crippen LogP contribution in [0.2, 0.25) is 0 Å². The number of piperazine rings is 1. The number of alkyl halides is 3. The number of furan rings is 1. The van der Waals surface area contributed by atoms with Crippen molar-refractivity contribution < 1.29 is 17.6 Å². The zero-order valence-electron chi connectivity index (χ0n) is 12.5. The first-order valence-corrected chi connectivity index (χ1v) is 7.11. The van der Waals surface area contributed by atoms with Crippen LogP contribution in [0.15, 0.2) is 10.5 Å². The highest BCUT2D eigenvalue weighted by Crippen LogP contribution is 2.19. The summed E-state index contributed by atoms with van der Waals surface area (Å²) in [6, 6.07) is 2.01. The summed E-state index contributed by atoms with van der Waals surface area (Å²) < 4.78 is 42.8. The largest absolute Gasteiger partial charge is 0.463 e. The van der Waals surface area contributed by atoms with Crippen LogP contribution in [0.4, 0.5) is 13.2 Å². The summed E-state index contributed by atoms with van der Waals surface area (Å²) in [5, 5.41) is 3.05. The maximum absolute atomic E-state index is 12.3. The molecule has 2 rings (SSSR count). The van der Waals surface area contributed by atoms with Gasteiger partial charge in [0.2, 0.25) is 0 Å². The van der Waals surface area contributed by atoms with E-state index >= 15 is 0 Å². The van der Waals surface area contributed by atoms with E-state index in [1.807, 2.05) is 20.0 Å². The molecular weight excluding hydrogens is 283 g/mol. The number of aryl methyl sites for hydroxylation is 1. The molecule has 0 saturated carbocycles. The van der Waals surface area contributed by atoms with Crippen molar-refractivity contribution in [2.45, 2.75) is 26.2 Å². The van der Waals surface area contributed by atoms with Crippen LogP contribution in [0.25, 0.3) is 0 Å². The summed E-state index contributed by atoms with van der Waals surface area (Å²) in [6.07, 6.45) is -4.11. The van der Waals surface area contributed by atoms with Gasteiger partial charge in [0.15, 0.2) is 0 Å². The lowest BCUT2D eigenvalue weighted by molar-refractivity contribution is -0.149. The Hall–Kier alpha value is -1.05. The van der Waals surface area contributed by atoms with Crippen LogP contribution in [0.1, 0.15) is 17.1 Å². The molecule has 7 heteroatoms. The zero-order valence-corrected chi connectivity index (χ0v) is 12.5. The second-order valence-corrected chi connectivity index (χ2v) is 5.52. The first kappa shape index (κ1) is 16.3. The Bertz CT molecular complexity index is 451. The molecule has 2 heterocycles. The number of halogens is 3.